The molecule has 1 heterocycles. The van der Waals surface area contributed by atoms with E-state index in [1.165, 1.54) is 0 Å². The minimum atomic E-state index is -0.481. The molecule has 0 saturated heterocycles. The third kappa shape index (κ3) is 1.91. The second-order valence-electron chi connectivity index (χ2n) is 3.53. The molecule has 5 nitrogen and oxygen atoms in total. The van der Waals surface area contributed by atoms with E-state index >= 15 is 0 Å². The van der Waals surface area contributed by atoms with Crippen molar-refractivity contribution >= 4 is 0 Å². The van der Waals surface area contributed by atoms with E-state index in [2.05, 4.69) is 0 Å². The maximum atomic E-state index is 9.06. The average molecular weight is 225 g/mol. The van der Waals surface area contributed by atoms with Crippen molar-refractivity contribution in [1.82, 2.24) is 0 Å². The van der Waals surface area contributed by atoms with Gasteiger partial charge in [-0.25, -0.2) is 0 Å². The summed E-state index contributed by atoms with van der Waals surface area (Å²) in [7, 11) is 1.55. The number of nitrogens with two attached hydrogens (primary N) is 1. The molecule has 0 amide bonds. The Balaban J connectivity index is 2.43. The fourth-order valence-corrected chi connectivity index (χ4v) is 1.65. The lowest BCUT2D eigenvalue weighted by Crippen LogP contribution is -2.19. The van der Waals surface area contributed by atoms with Crippen LogP contribution < -0.4 is 19.9 Å². The van der Waals surface area contributed by atoms with Gasteiger partial charge < -0.3 is 25.1 Å². The Hall–Kier alpha value is -1.46. The number of methoxy groups -OCH3 is 1. The normalized spacial score (nSPS) is 15.7. The molecule has 0 fully saturated rings. The first-order valence-electron chi connectivity index (χ1n) is 5.10. The summed E-state index contributed by atoms with van der Waals surface area (Å²) >= 11 is 0. The number of fused-ring (bicyclic) bond motifs is 1. The second-order valence-corrected chi connectivity index (χ2v) is 3.53. The first-order chi connectivity index (χ1) is 7.76. The Bertz CT molecular complexity index is 380. The van der Waals surface area contributed by atoms with E-state index in [0.29, 0.717) is 36.0 Å². The van der Waals surface area contributed by atoms with E-state index in [-0.39, 0.29) is 6.61 Å². The second kappa shape index (κ2) is 4.59. The maximum Gasteiger partial charge on any atom is 0.165 e. The summed E-state index contributed by atoms with van der Waals surface area (Å²) in [6.07, 6.45) is 0. The molecule has 1 aromatic rings. The summed E-state index contributed by atoms with van der Waals surface area (Å²) in [6.45, 7) is 0.907. The molecule has 0 aliphatic carbocycles. The summed E-state index contributed by atoms with van der Waals surface area (Å²) in [6, 6.07) is 3.01. The largest absolute Gasteiger partial charge is 0.496 e. The van der Waals surface area contributed by atoms with Gasteiger partial charge in [0.05, 0.1) is 19.8 Å². The van der Waals surface area contributed by atoms with Gasteiger partial charge in [0.25, 0.3) is 0 Å². The van der Waals surface area contributed by atoms with Gasteiger partial charge in [-0.3, -0.25) is 0 Å². The summed E-state index contributed by atoms with van der Waals surface area (Å²) in [5.74, 6) is 1.90. The van der Waals surface area contributed by atoms with Crippen molar-refractivity contribution in [2.24, 2.45) is 5.73 Å². The third-order valence-electron chi connectivity index (χ3n) is 2.49. The monoisotopic (exact) mass is 225 g/mol. The first kappa shape index (κ1) is 11.0. The molecule has 0 bridgehead atoms. The van der Waals surface area contributed by atoms with Gasteiger partial charge in [-0.15, -0.1) is 0 Å². The molecule has 1 atom stereocenters. The van der Waals surface area contributed by atoms with Crippen LogP contribution in [-0.2, 0) is 0 Å². The topological polar surface area (TPSA) is 73.9 Å². The van der Waals surface area contributed by atoms with Gasteiger partial charge in [0.1, 0.15) is 19.0 Å². The van der Waals surface area contributed by atoms with E-state index in [1.807, 2.05) is 0 Å². The van der Waals surface area contributed by atoms with Crippen molar-refractivity contribution in [3.8, 4) is 17.2 Å². The van der Waals surface area contributed by atoms with E-state index in [9.17, 15) is 0 Å². The molecule has 0 spiro atoms. The molecule has 16 heavy (non-hydrogen) atoms. The maximum absolute atomic E-state index is 9.06. The van der Waals surface area contributed by atoms with Gasteiger partial charge in [-0.05, 0) is 6.07 Å². The molecule has 1 aliphatic rings. The highest BCUT2D eigenvalue weighted by Gasteiger charge is 2.19. The minimum Gasteiger partial charge on any atom is -0.496 e. The van der Waals surface area contributed by atoms with Crippen molar-refractivity contribution < 1.29 is 19.3 Å². The zero-order valence-electron chi connectivity index (χ0n) is 9.10. The number of aliphatic hydroxyl groups excluding tert-OH is 1. The minimum absolute atomic E-state index is 0.143. The van der Waals surface area contributed by atoms with Gasteiger partial charge in [0, 0.05) is 11.6 Å². The molecule has 1 aliphatic heterocycles. The number of hydrogen-bond donors (Lipinski definition) is 2. The molecule has 1 aromatic carbocycles. The van der Waals surface area contributed by atoms with Gasteiger partial charge >= 0.3 is 0 Å². The fraction of sp³-hybridized carbons (Fsp3) is 0.455. The standard InChI is InChI=1S/C11H15NO4/c1-14-9-5-11-10(15-2-3-16-11)4-7(9)8(12)6-13/h4-5,8,13H,2-3,6,12H2,1H3. The SMILES string of the molecule is COc1cc2c(cc1C(N)CO)OCCO2. The van der Waals surface area contributed by atoms with Crippen molar-refractivity contribution in [2.75, 3.05) is 26.9 Å². The Morgan fingerprint density at radius 3 is 2.56 bits per heavy atom. The smallest absolute Gasteiger partial charge is 0.165 e. The van der Waals surface area contributed by atoms with Crippen molar-refractivity contribution in [3.63, 3.8) is 0 Å². The molecular formula is C11H15NO4. The first-order valence-corrected chi connectivity index (χ1v) is 5.10. The van der Waals surface area contributed by atoms with Crippen LogP contribution in [0.25, 0.3) is 0 Å². The van der Waals surface area contributed by atoms with Crippen molar-refractivity contribution in [1.29, 1.82) is 0 Å². The molecule has 5 heteroatoms. The molecule has 1 unspecified atom stereocenters. The van der Waals surface area contributed by atoms with E-state index < -0.39 is 6.04 Å². The lowest BCUT2D eigenvalue weighted by atomic mass is 10.1. The quantitative estimate of drug-likeness (QED) is 0.781. The fourth-order valence-electron chi connectivity index (χ4n) is 1.65. The molecule has 0 radical (unpaired) electrons. The van der Waals surface area contributed by atoms with Gasteiger partial charge in [0.2, 0.25) is 0 Å². The highest BCUT2D eigenvalue weighted by atomic mass is 16.6. The van der Waals surface area contributed by atoms with E-state index in [4.69, 9.17) is 25.1 Å². The molecule has 0 saturated carbocycles. The number of aliphatic hydroxyl groups is 1. The Labute approximate surface area is 93.7 Å². The van der Waals surface area contributed by atoms with Crippen LogP contribution in [0.15, 0.2) is 12.1 Å². The Morgan fingerprint density at radius 2 is 2.00 bits per heavy atom. The zero-order valence-corrected chi connectivity index (χ0v) is 9.10. The molecule has 88 valence electrons. The van der Waals surface area contributed by atoms with Gasteiger partial charge in [-0.2, -0.15) is 0 Å². The summed E-state index contributed by atoms with van der Waals surface area (Å²) in [4.78, 5) is 0. The van der Waals surface area contributed by atoms with Crippen LogP contribution in [0.4, 0.5) is 0 Å². The van der Waals surface area contributed by atoms with Gasteiger partial charge in [0.15, 0.2) is 11.5 Å². The number of benzene rings is 1. The van der Waals surface area contributed by atoms with Crippen LogP contribution in [-0.4, -0.2) is 32.0 Å². The number of ether oxygens (including phenoxy) is 3. The summed E-state index contributed by atoms with van der Waals surface area (Å²) in [5.41, 5.74) is 6.49. The van der Waals surface area contributed by atoms with Crippen LogP contribution in [0.1, 0.15) is 11.6 Å². The molecule has 3 N–H and O–H groups in total. The van der Waals surface area contributed by atoms with Crippen molar-refractivity contribution in [2.45, 2.75) is 6.04 Å². The van der Waals surface area contributed by atoms with E-state index in [0.717, 1.165) is 0 Å². The van der Waals surface area contributed by atoms with Crippen LogP contribution in [0.5, 0.6) is 17.2 Å². The number of hydrogen-bond acceptors (Lipinski definition) is 5. The average Bonchev–Trinajstić information content (AvgIpc) is 2.36. The third-order valence-corrected chi connectivity index (χ3v) is 2.49. The lowest BCUT2D eigenvalue weighted by Gasteiger charge is -2.22. The lowest BCUT2D eigenvalue weighted by molar-refractivity contribution is 0.170. The van der Waals surface area contributed by atoms with Crippen LogP contribution >= 0.6 is 0 Å². The highest BCUT2D eigenvalue weighted by Crippen LogP contribution is 2.38. The molecule has 2 rings (SSSR count). The number of rotatable bonds is 3. The predicted octanol–water partition coefficient (Wildman–Crippen LogP) is 0.458. The van der Waals surface area contributed by atoms with E-state index in [1.54, 1.807) is 19.2 Å². The highest BCUT2D eigenvalue weighted by molar-refractivity contribution is 5.52. The molecule has 0 aromatic heterocycles. The van der Waals surface area contributed by atoms with Crippen LogP contribution in [0, 0.1) is 0 Å². The van der Waals surface area contributed by atoms with Crippen LogP contribution in [0.3, 0.4) is 0 Å². The van der Waals surface area contributed by atoms with Crippen molar-refractivity contribution in [3.05, 3.63) is 17.7 Å². The molecular weight excluding hydrogens is 210 g/mol. The Morgan fingerprint density at radius 1 is 1.38 bits per heavy atom. The predicted molar refractivity (Wildman–Crippen MR) is 58.0 cm³/mol. The zero-order chi connectivity index (χ0) is 11.5. The Kier molecular flexibility index (Phi) is 3.17. The summed E-state index contributed by atoms with van der Waals surface area (Å²) in [5, 5.41) is 9.06. The van der Waals surface area contributed by atoms with Gasteiger partial charge in [-0.1, -0.05) is 0 Å². The summed E-state index contributed by atoms with van der Waals surface area (Å²) < 4.78 is 16.1. The van der Waals surface area contributed by atoms with Crippen LogP contribution in [0.2, 0.25) is 0 Å².